The van der Waals surface area contributed by atoms with Crippen molar-refractivity contribution in [2.45, 2.75) is 6.42 Å². The number of benzene rings is 1. The van der Waals surface area contributed by atoms with Gasteiger partial charge in [-0.1, -0.05) is 6.07 Å². The number of nitrogens with one attached hydrogen (secondary N) is 1. The first-order valence-corrected chi connectivity index (χ1v) is 9.44. The lowest BCUT2D eigenvalue weighted by Gasteiger charge is -2.10. The Balaban J connectivity index is 1.28. The minimum absolute atomic E-state index is 0.177. The number of imidazole rings is 1. The lowest BCUT2D eigenvalue weighted by atomic mass is 10.1. The molecule has 3 aromatic heterocycles. The van der Waals surface area contributed by atoms with Crippen molar-refractivity contribution in [2.75, 3.05) is 13.3 Å². The van der Waals surface area contributed by atoms with Crippen LogP contribution in [-0.4, -0.2) is 43.3 Å². The molecule has 0 fully saturated rings. The predicted molar refractivity (Wildman–Crippen MR) is 107 cm³/mol. The van der Waals surface area contributed by atoms with E-state index in [9.17, 15) is 4.79 Å². The van der Waals surface area contributed by atoms with Crippen LogP contribution in [0.15, 0.2) is 67.5 Å². The van der Waals surface area contributed by atoms with Crippen molar-refractivity contribution in [3.63, 3.8) is 0 Å². The molecule has 5 rings (SSSR count). The second-order valence-corrected chi connectivity index (χ2v) is 6.64. The first-order valence-electron chi connectivity index (χ1n) is 9.44. The number of fused-ring (bicyclic) bond motifs is 1. The van der Waals surface area contributed by atoms with E-state index >= 15 is 0 Å². The average Bonchev–Trinajstić information content (AvgIpc) is 3.55. The number of ether oxygens (including phenoxy) is 2. The maximum atomic E-state index is 12.8. The van der Waals surface area contributed by atoms with Crippen LogP contribution in [0.4, 0.5) is 0 Å². The quantitative estimate of drug-likeness (QED) is 0.531. The van der Waals surface area contributed by atoms with Gasteiger partial charge < -0.3 is 14.8 Å². The van der Waals surface area contributed by atoms with E-state index in [2.05, 4.69) is 20.3 Å². The van der Waals surface area contributed by atoms with Crippen LogP contribution in [0.25, 0.3) is 11.8 Å². The molecule has 0 radical (unpaired) electrons. The van der Waals surface area contributed by atoms with Gasteiger partial charge in [-0.05, 0) is 42.3 Å². The molecule has 1 aliphatic heterocycles. The molecule has 9 nitrogen and oxygen atoms in total. The van der Waals surface area contributed by atoms with Gasteiger partial charge in [0.2, 0.25) is 12.7 Å². The van der Waals surface area contributed by atoms with Gasteiger partial charge in [0.25, 0.3) is 5.91 Å². The number of amides is 1. The molecule has 0 spiro atoms. The molecule has 1 amide bonds. The van der Waals surface area contributed by atoms with E-state index in [1.165, 1.54) is 0 Å². The first kappa shape index (κ1) is 17.9. The molecule has 1 aliphatic rings. The SMILES string of the molecule is O=C(NCCc1ccc2c(c1)OCO2)c1cccn1-c1ccnc(-n2ccnc2)n1. The Morgan fingerprint density at radius 2 is 2.03 bits per heavy atom. The Kier molecular flexibility index (Phi) is 4.60. The van der Waals surface area contributed by atoms with E-state index < -0.39 is 0 Å². The van der Waals surface area contributed by atoms with Crippen LogP contribution in [0.2, 0.25) is 0 Å². The van der Waals surface area contributed by atoms with Crippen molar-refractivity contribution in [3.8, 4) is 23.3 Å². The summed E-state index contributed by atoms with van der Waals surface area (Å²) in [5, 5.41) is 2.96. The molecular weight excluding hydrogens is 384 g/mol. The number of nitrogens with zero attached hydrogens (tertiary/aromatic N) is 5. The molecule has 0 bridgehead atoms. The fraction of sp³-hybridized carbons (Fsp3) is 0.143. The minimum atomic E-state index is -0.177. The van der Waals surface area contributed by atoms with Crippen LogP contribution < -0.4 is 14.8 Å². The lowest BCUT2D eigenvalue weighted by molar-refractivity contribution is 0.0947. The molecule has 1 N–H and O–H groups in total. The van der Waals surface area contributed by atoms with Crippen molar-refractivity contribution in [1.82, 2.24) is 29.4 Å². The summed E-state index contributed by atoms with van der Waals surface area (Å²) in [4.78, 5) is 25.6. The first-order chi connectivity index (χ1) is 14.8. The van der Waals surface area contributed by atoms with Crippen molar-refractivity contribution >= 4 is 5.91 Å². The lowest BCUT2D eigenvalue weighted by Crippen LogP contribution is -2.27. The van der Waals surface area contributed by atoms with Gasteiger partial charge in [0.1, 0.15) is 17.8 Å². The van der Waals surface area contributed by atoms with Crippen LogP contribution in [0.3, 0.4) is 0 Å². The molecule has 1 aromatic carbocycles. The number of rotatable bonds is 6. The Bertz CT molecular complexity index is 1190. The number of carbonyl (C=O) groups is 1. The minimum Gasteiger partial charge on any atom is -0.454 e. The van der Waals surface area contributed by atoms with Crippen LogP contribution in [0.5, 0.6) is 11.5 Å². The summed E-state index contributed by atoms with van der Waals surface area (Å²) in [6, 6.07) is 11.1. The summed E-state index contributed by atoms with van der Waals surface area (Å²) >= 11 is 0. The van der Waals surface area contributed by atoms with E-state index in [1.807, 2.05) is 24.3 Å². The zero-order valence-electron chi connectivity index (χ0n) is 15.9. The Morgan fingerprint density at radius 1 is 1.10 bits per heavy atom. The summed E-state index contributed by atoms with van der Waals surface area (Å²) in [5.74, 6) is 2.39. The van der Waals surface area contributed by atoms with Crippen molar-refractivity contribution in [1.29, 1.82) is 0 Å². The Morgan fingerprint density at radius 3 is 2.93 bits per heavy atom. The highest BCUT2D eigenvalue weighted by atomic mass is 16.7. The standard InChI is InChI=1S/C21H18N6O3/c28-20(23-7-5-15-3-4-17-18(12-15)30-14-29-17)16-2-1-10-27(16)19-6-8-24-21(25-19)26-11-9-22-13-26/h1-4,6,8-13H,5,7,14H2,(H,23,28). The van der Waals surface area contributed by atoms with Gasteiger partial charge >= 0.3 is 0 Å². The van der Waals surface area contributed by atoms with Crippen molar-refractivity contribution in [2.24, 2.45) is 0 Å². The smallest absolute Gasteiger partial charge is 0.268 e. The number of hydrogen-bond acceptors (Lipinski definition) is 6. The van der Waals surface area contributed by atoms with Gasteiger partial charge in [-0.25, -0.2) is 9.97 Å². The van der Waals surface area contributed by atoms with E-state index in [4.69, 9.17) is 9.47 Å². The fourth-order valence-corrected chi connectivity index (χ4v) is 3.25. The Labute approximate surface area is 171 Å². The molecule has 0 atom stereocenters. The van der Waals surface area contributed by atoms with E-state index in [1.54, 1.807) is 52.4 Å². The number of aromatic nitrogens is 5. The predicted octanol–water partition coefficient (Wildman–Crippen LogP) is 2.15. The molecule has 9 heteroatoms. The van der Waals surface area contributed by atoms with Crippen LogP contribution in [0, 0.1) is 0 Å². The monoisotopic (exact) mass is 402 g/mol. The van der Waals surface area contributed by atoms with E-state index in [0.29, 0.717) is 30.4 Å². The summed E-state index contributed by atoms with van der Waals surface area (Å²) in [6.45, 7) is 0.742. The fourth-order valence-electron chi connectivity index (χ4n) is 3.25. The molecule has 0 aliphatic carbocycles. The van der Waals surface area contributed by atoms with Gasteiger partial charge in [0.15, 0.2) is 11.5 Å². The summed E-state index contributed by atoms with van der Waals surface area (Å²) in [7, 11) is 0. The third-order valence-corrected chi connectivity index (χ3v) is 4.73. The van der Waals surface area contributed by atoms with Gasteiger partial charge in [0, 0.05) is 31.3 Å². The third kappa shape index (κ3) is 3.48. The Hall–Kier alpha value is -4.14. The van der Waals surface area contributed by atoms with Gasteiger partial charge in [-0.3, -0.25) is 13.9 Å². The van der Waals surface area contributed by atoms with Crippen LogP contribution >= 0.6 is 0 Å². The topological polar surface area (TPSA) is 96.1 Å². The van der Waals surface area contributed by atoms with E-state index in [0.717, 1.165) is 17.1 Å². The molecule has 4 heterocycles. The molecule has 4 aromatic rings. The second kappa shape index (κ2) is 7.70. The molecule has 0 saturated heterocycles. The average molecular weight is 402 g/mol. The number of carbonyl (C=O) groups excluding carboxylic acids is 1. The highest BCUT2D eigenvalue weighted by Crippen LogP contribution is 2.32. The van der Waals surface area contributed by atoms with Crippen LogP contribution in [-0.2, 0) is 6.42 Å². The zero-order valence-corrected chi connectivity index (χ0v) is 15.9. The molecule has 30 heavy (non-hydrogen) atoms. The third-order valence-electron chi connectivity index (χ3n) is 4.73. The molecule has 150 valence electrons. The highest BCUT2D eigenvalue weighted by Gasteiger charge is 2.15. The van der Waals surface area contributed by atoms with E-state index in [-0.39, 0.29) is 12.7 Å². The molecule has 0 unspecified atom stereocenters. The molecular formula is C21H18N6O3. The van der Waals surface area contributed by atoms with Gasteiger partial charge in [0.05, 0.1) is 0 Å². The van der Waals surface area contributed by atoms with Gasteiger partial charge in [-0.15, -0.1) is 0 Å². The van der Waals surface area contributed by atoms with Crippen molar-refractivity contribution < 1.29 is 14.3 Å². The summed E-state index contributed by atoms with van der Waals surface area (Å²) < 4.78 is 14.2. The van der Waals surface area contributed by atoms with Crippen molar-refractivity contribution in [3.05, 3.63) is 78.8 Å². The maximum absolute atomic E-state index is 12.8. The second-order valence-electron chi connectivity index (χ2n) is 6.64. The van der Waals surface area contributed by atoms with Crippen LogP contribution in [0.1, 0.15) is 16.1 Å². The normalized spacial score (nSPS) is 12.1. The maximum Gasteiger partial charge on any atom is 0.268 e. The summed E-state index contributed by atoms with van der Waals surface area (Å²) in [6.07, 6.45) is 9.18. The number of hydrogen-bond donors (Lipinski definition) is 1. The van der Waals surface area contributed by atoms with Gasteiger partial charge in [-0.2, -0.15) is 4.98 Å². The summed E-state index contributed by atoms with van der Waals surface area (Å²) in [5.41, 5.74) is 1.56. The zero-order chi connectivity index (χ0) is 20.3. The molecule has 0 saturated carbocycles. The largest absolute Gasteiger partial charge is 0.454 e. The highest BCUT2D eigenvalue weighted by molar-refractivity contribution is 5.93.